The second-order valence-corrected chi connectivity index (χ2v) is 16.3. The molecule has 8 rings (SSSR count). The molecule has 0 radical (unpaired) electrons. The van der Waals surface area contributed by atoms with Gasteiger partial charge in [0.2, 0.25) is 0 Å². The highest BCUT2D eigenvalue weighted by molar-refractivity contribution is 7.31. The van der Waals surface area contributed by atoms with Crippen LogP contribution in [-0.4, -0.2) is 0 Å². The zero-order valence-corrected chi connectivity index (χ0v) is 28.2. The molecule has 0 bridgehead atoms. The van der Waals surface area contributed by atoms with E-state index in [9.17, 15) is 9.59 Å². The van der Waals surface area contributed by atoms with Crippen LogP contribution in [0.25, 0.3) is 73.8 Å². The number of rotatable bonds is 2. The van der Waals surface area contributed by atoms with Gasteiger partial charge in [0.15, 0.2) is 0 Å². The summed E-state index contributed by atoms with van der Waals surface area (Å²) in [5.74, 6) is 0. The van der Waals surface area contributed by atoms with Crippen molar-refractivity contribution in [3.8, 4) is 20.9 Å². The number of hydrogen-bond donors (Lipinski definition) is 0. The monoisotopic (exact) mass is 640 g/mol. The molecule has 4 nitrogen and oxygen atoms in total. The van der Waals surface area contributed by atoms with Crippen LogP contribution in [0.1, 0.15) is 52.7 Å². The Morgan fingerprint density at radius 1 is 0.478 bits per heavy atom. The van der Waals surface area contributed by atoms with Crippen LogP contribution in [0.2, 0.25) is 0 Å². The lowest BCUT2D eigenvalue weighted by atomic mass is 9.85. The van der Waals surface area contributed by atoms with Crippen molar-refractivity contribution in [1.82, 2.24) is 0 Å². The molecule has 4 aromatic heterocycles. The molecular weight excluding hydrogens is 609 g/mol. The predicted molar refractivity (Wildman–Crippen MR) is 195 cm³/mol. The second-order valence-electron chi connectivity index (χ2n) is 14.2. The average Bonchev–Trinajstić information content (AvgIpc) is 3.58. The Morgan fingerprint density at radius 3 is 1.28 bits per heavy atom. The Labute approximate surface area is 273 Å². The molecule has 46 heavy (non-hydrogen) atoms. The van der Waals surface area contributed by atoms with Crippen molar-refractivity contribution in [1.29, 1.82) is 0 Å². The van der Waals surface area contributed by atoms with Crippen LogP contribution in [0.15, 0.2) is 103 Å². The van der Waals surface area contributed by atoms with E-state index in [2.05, 4.69) is 77.9 Å². The summed E-state index contributed by atoms with van der Waals surface area (Å²) in [4.78, 5) is 28.1. The summed E-state index contributed by atoms with van der Waals surface area (Å²) < 4.78 is 13.7. The third-order valence-corrected chi connectivity index (χ3v) is 11.3. The summed E-state index contributed by atoms with van der Waals surface area (Å²) in [6.07, 6.45) is 0. The fourth-order valence-corrected chi connectivity index (χ4v) is 8.64. The van der Waals surface area contributed by atoms with Crippen molar-refractivity contribution in [3.63, 3.8) is 0 Å². The Hall–Kier alpha value is -4.52. The normalized spacial score (nSPS) is 12.7. The fraction of sp³-hybridized carbons (Fsp3) is 0.200. The second kappa shape index (κ2) is 9.99. The highest BCUT2D eigenvalue weighted by atomic mass is 32.1. The van der Waals surface area contributed by atoms with Crippen LogP contribution in [0, 0.1) is 0 Å². The lowest BCUT2D eigenvalue weighted by Gasteiger charge is -2.19. The molecule has 0 aliphatic carbocycles. The van der Waals surface area contributed by atoms with E-state index in [1.54, 1.807) is 0 Å². The summed E-state index contributed by atoms with van der Waals surface area (Å²) in [7, 11) is 0. The van der Waals surface area contributed by atoms with E-state index in [0.717, 1.165) is 51.5 Å². The number of fused-ring (bicyclic) bond motifs is 7. The average molecular weight is 641 g/mol. The molecule has 0 aliphatic heterocycles. The van der Waals surface area contributed by atoms with E-state index in [1.165, 1.54) is 33.8 Å². The van der Waals surface area contributed by atoms with E-state index >= 15 is 0 Å². The summed E-state index contributed by atoms with van der Waals surface area (Å²) in [6, 6.07) is 28.8. The first-order valence-electron chi connectivity index (χ1n) is 15.4. The molecule has 4 heterocycles. The zero-order chi connectivity index (χ0) is 32.1. The minimum atomic E-state index is -0.357. The van der Waals surface area contributed by atoms with Crippen LogP contribution < -0.4 is 11.3 Å². The van der Waals surface area contributed by atoms with Crippen molar-refractivity contribution in [2.45, 2.75) is 52.4 Å². The molecule has 0 atom stereocenters. The summed E-state index contributed by atoms with van der Waals surface area (Å²) in [5, 5.41) is 6.19. The van der Waals surface area contributed by atoms with Crippen molar-refractivity contribution in [2.75, 3.05) is 0 Å². The molecule has 8 aromatic rings. The summed E-state index contributed by atoms with van der Waals surface area (Å²) >= 11 is 3.07. The Bertz CT molecular complexity index is 2440. The molecule has 6 heteroatoms. The van der Waals surface area contributed by atoms with Crippen molar-refractivity contribution < 1.29 is 8.83 Å². The fourth-order valence-electron chi connectivity index (χ4n) is 6.24. The van der Waals surface area contributed by atoms with Gasteiger partial charge in [-0.1, -0.05) is 90.1 Å². The van der Waals surface area contributed by atoms with E-state index < -0.39 is 0 Å². The number of hydrogen-bond acceptors (Lipinski definition) is 6. The van der Waals surface area contributed by atoms with Crippen LogP contribution in [0.3, 0.4) is 0 Å². The van der Waals surface area contributed by atoms with Gasteiger partial charge in [-0.25, -0.2) is 9.59 Å². The molecule has 0 fully saturated rings. The lowest BCUT2D eigenvalue weighted by molar-refractivity contribution is 0.564. The number of thiophene rings is 2. The Kier molecular flexibility index (Phi) is 6.28. The van der Waals surface area contributed by atoms with Gasteiger partial charge >= 0.3 is 11.3 Å². The maximum Gasteiger partial charge on any atom is 0.345 e. The Balaban J connectivity index is 1.21. The van der Waals surface area contributed by atoms with Crippen LogP contribution in [0.5, 0.6) is 0 Å². The topological polar surface area (TPSA) is 60.4 Å². The third-order valence-electron chi connectivity index (χ3n) is 8.94. The molecule has 4 aromatic carbocycles. The molecule has 228 valence electrons. The third kappa shape index (κ3) is 4.70. The first-order valence-corrected chi connectivity index (χ1v) is 17.0. The van der Waals surface area contributed by atoms with Crippen LogP contribution >= 0.6 is 22.7 Å². The maximum atomic E-state index is 13.2. The van der Waals surface area contributed by atoms with Gasteiger partial charge in [0.05, 0.1) is 11.1 Å². The molecule has 0 saturated carbocycles. The van der Waals surface area contributed by atoms with E-state index in [0.29, 0.717) is 22.3 Å². The summed E-state index contributed by atoms with van der Waals surface area (Å²) in [5.41, 5.74) is 4.12. The zero-order valence-electron chi connectivity index (χ0n) is 26.5. The largest absolute Gasteiger partial charge is 0.422 e. The highest BCUT2D eigenvalue weighted by Gasteiger charge is 2.20. The lowest BCUT2D eigenvalue weighted by Crippen LogP contribution is -2.10. The standard InChI is InChI=1S/C40H32O4S2/c1-39(2,3)23-9-11-25-21(15-23)7-13-31-27(25)17-29(37(41)43-31)33-19-35-36(45-33)20-34(46-35)30-18-28-26-12-10-24(40(4,5)6)16-22(26)8-14-32(28)44-38(30)42/h7-20H,1-6H3. The molecule has 0 spiro atoms. The molecule has 0 unspecified atom stereocenters. The smallest absolute Gasteiger partial charge is 0.345 e. The van der Waals surface area contributed by atoms with Gasteiger partial charge in [0, 0.05) is 29.9 Å². The quantitative estimate of drug-likeness (QED) is 0.139. The molecule has 0 aliphatic rings. The predicted octanol–water partition coefficient (Wildman–Crippen LogP) is 11.4. The van der Waals surface area contributed by atoms with Gasteiger partial charge in [0.1, 0.15) is 11.2 Å². The van der Waals surface area contributed by atoms with Gasteiger partial charge in [-0.05, 0) is 79.9 Å². The molecule has 0 amide bonds. The van der Waals surface area contributed by atoms with E-state index in [1.807, 2.05) is 48.5 Å². The van der Waals surface area contributed by atoms with Gasteiger partial charge in [-0.2, -0.15) is 0 Å². The molecule has 0 N–H and O–H groups in total. The minimum Gasteiger partial charge on any atom is -0.422 e. The van der Waals surface area contributed by atoms with Crippen molar-refractivity contribution in [3.05, 3.63) is 117 Å². The minimum absolute atomic E-state index is 0.0386. The van der Waals surface area contributed by atoms with Crippen LogP contribution in [-0.2, 0) is 10.8 Å². The van der Waals surface area contributed by atoms with Gasteiger partial charge in [-0.15, -0.1) is 22.7 Å². The summed E-state index contributed by atoms with van der Waals surface area (Å²) in [6.45, 7) is 13.2. The molecule has 0 saturated heterocycles. The van der Waals surface area contributed by atoms with Crippen molar-refractivity contribution >= 4 is 75.6 Å². The van der Waals surface area contributed by atoms with Gasteiger partial charge < -0.3 is 8.83 Å². The van der Waals surface area contributed by atoms with E-state index in [-0.39, 0.29) is 22.1 Å². The number of benzene rings is 4. The first kappa shape index (κ1) is 28.9. The first-order chi connectivity index (χ1) is 21.8. The highest BCUT2D eigenvalue weighted by Crippen LogP contribution is 2.42. The maximum absolute atomic E-state index is 13.2. The van der Waals surface area contributed by atoms with E-state index in [4.69, 9.17) is 8.83 Å². The van der Waals surface area contributed by atoms with Crippen molar-refractivity contribution in [2.24, 2.45) is 0 Å². The van der Waals surface area contributed by atoms with Gasteiger partial charge in [0.25, 0.3) is 0 Å². The molecular formula is C40H32O4S2. The van der Waals surface area contributed by atoms with Crippen LogP contribution in [0.4, 0.5) is 0 Å². The SMILES string of the molecule is CC(C)(C)c1ccc2c(ccc3oc(=O)c(-c4cc5sc(-c6cc7c(ccc8cc(C(C)(C)C)ccc87)oc6=O)cc5s4)cc32)c1. The Morgan fingerprint density at radius 2 is 0.891 bits per heavy atom. The van der Waals surface area contributed by atoms with Gasteiger partial charge in [-0.3, -0.25) is 0 Å².